The van der Waals surface area contributed by atoms with Crippen LogP contribution in [-0.4, -0.2) is 27.0 Å². The van der Waals surface area contributed by atoms with E-state index in [2.05, 4.69) is 54.9 Å². The summed E-state index contributed by atoms with van der Waals surface area (Å²) in [4.78, 5) is 12.3. The van der Waals surface area contributed by atoms with Gasteiger partial charge in [0.05, 0.1) is 12.1 Å². The first-order chi connectivity index (χ1) is 15.5. The van der Waals surface area contributed by atoms with Crippen LogP contribution < -0.4 is 0 Å². The summed E-state index contributed by atoms with van der Waals surface area (Å²) in [7, 11) is 0. The van der Waals surface area contributed by atoms with E-state index in [1.807, 2.05) is 11.8 Å². The highest BCUT2D eigenvalue weighted by molar-refractivity contribution is 7.99. The van der Waals surface area contributed by atoms with E-state index in [1.165, 1.54) is 53.9 Å². The largest absolute Gasteiger partial charge is 0.481 e. The fourth-order valence-corrected chi connectivity index (χ4v) is 5.87. The molecule has 0 fully saturated rings. The molecule has 170 valence electrons. The van der Waals surface area contributed by atoms with Crippen LogP contribution in [0.3, 0.4) is 0 Å². The van der Waals surface area contributed by atoms with Gasteiger partial charge in [-0.25, -0.2) is 0 Å². The lowest BCUT2D eigenvalue weighted by Gasteiger charge is -2.38. The lowest BCUT2D eigenvalue weighted by Crippen LogP contribution is -2.29. The Hall–Kier alpha value is -2.32. The summed E-state index contributed by atoms with van der Waals surface area (Å²) in [6.07, 6.45) is 9.38. The van der Waals surface area contributed by atoms with Crippen molar-refractivity contribution in [1.82, 2.24) is 10.2 Å². The van der Waals surface area contributed by atoms with Crippen molar-refractivity contribution in [3.8, 4) is 11.8 Å². The van der Waals surface area contributed by atoms with Gasteiger partial charge in [0, 0.05) is 10.5 Å². The number of nitrogens with zero attached hydrogens (tertiary/aromatic N) is 2. The summed E-state index contributed by atoms with van der Waals surface area (Å²) in [5.41, 5.74) is 5.16. The molecule has 1 N–H and O–H groups in total. The van der Waals surface area contributed by atoms with E-state index < -0.39 is 5.97 Å². The SMILES string of the molecule is CCCCCCc1cc2c(cc1C#Cc1ccc(CC(=O)O)nn1)C(CC)(CC)CCS2. The molecule has 0 bridgehead atoms. The first-order valence-corrected chi connectivity index (χ1v) is 12.9. The van der Waals surface area contributed by atoms with Crippen LogP contribution in [0.2, 0.25) is 0 Å². The second kappa shape index (κ2) is 11.5. The van der Waals surface area contributed by atoms with E-state index in [0.717, 1.165) is 24.8 Å². The van der Waals surface area contributed by atoms with E-state index >= 15 is 0 Å². The highest BCUT2D eigenvalue weighted by Crippen LogP contribution is 2.47. The maximum Gasteiger partial charge on any atom is 0.309 e. The summed E-state index contributed by atoms with van der Waals surface area (Å²) < 4.78 is 0. The normalized spacial score (nSPS) is 14.3. The molecule has 0 saturated carbocycles. The molecule has 0 atom stereocenters. The average Bonchev–Trinajstić information content (AvgIpc) is 2.80. The molecular weight excluding hydrogens is 416 g/mol. The fourth-order valence-electron chi connectivity index (χ4n) is 4.50. The quantitative estimate of drug-likeness (QED) is 0.365. The molecule has 1 aromatic heterocycles. The summed E-state index contributed by atoms with van der Waals surface area (Å²) >= 11 is 1.99. The summed E-state index contributed by atoms with van der Waals surface area (Å²) in [6.45, 7) is 6.85. The lowest BCUT2D eigenvalue weighted by atomic mass is 9.72. The summed E-state index contributed by atoms with van der Waals surface area (Å²) in [6, 6.07) is 8.20. The number of hydrogen-bond acceptors (Lipinski definition) is 4. The van der Waals surface area contributed by atoms with Gasteiger partial charge in [-0.2, -0.15) is 5.10 Å². The number of unbranched alkanes of at least 4 members (excludes halogenated alkanes) is 3. The minimum atomic E-state index is -0.909. The molecule has 32 heavy (non-hydrogen) atoms. The molecule has 5 heteroatoms. The number of aromatic nitrogens is 2. The highest BCUT2D eigenvalue weighted by Gasteiger charge is 2.34. The number of rotatable bonds is 9. The number of fused-ring (bicyclic) bond motifs is 1. The minimum Gasteiger partial charge on any atom is -0.481 e. The van der Waals surface area contributed by atoms with Gasteiger partial charge in [-0.1, -0.05) is 46.0 Å². The van der Waals surface area contributed by atoms with Crippen molar-refractivity contribution < 1.29 is 9.90 Å². The van der Waals surface area contributed by atoms with Crippen LogP contribution in [0.5, 0.6) is 0 Å². The summed E-state index contributed by atoms with van der Waals surface area (Å²) in [5.74, 6) is 6.84. The van der Waals surface area contributed by atoms with Crippen LogP contribution >= 0.6 is 11.8 Å². The lowest BCUT2D eigenvalue weighted by molar-refractivity contribution is -0.136. The average molecular weight is 451 g/mol. The molecule has 0 unspecified atom stereocenters. The number of hydrogen-bond donors (Lipinski definition) is 1. The third-order valence-electron chi connectivity index (χ3n) is 6.65. The van der Waals surface area contributed by atoms with E-state index in [-0.39, 0.29) is 11.8 Å². The summed E-state index contributed by atoms with van der Waals surface area (Å²) in [5, 5.41) is 17.0. The van der Waals surface area contributed by atoms with E-state index in [0.29, 0.717) is 11.4 Å². The van der Waals surface area contributed by atoms with Crippen LogP contribution in [0.15, 0.2) is 29.2 Å². The van der Waals surface area contributed by atoms with Crippen LogP contribution in [0.1, 0.15) is 93.8 Å². The molecule has 2 aromatic rings. The van der Waals surface area contributed by atoms with Gasteiger partial charge in [0.1, 0.15) is 5.69 Å². The topological polar surface area (TPSA) is 63.1 Å². The Kier molecular flexibility index (Phi) is 8.75. The monoisotopic (exact) mass is 450 g/mol. The van der Waals surface area contributed by atoms with Gasteiger partial charge < -0.3 is 5.11 Å². The van der Waals surface area contributed by atoms with Crippen LogP contribution in [0, 0.1) is 11.8 Å². The molecule has 2 heterocycles. The van der Waals surface area contributed by atoms with Gasteiger partial charge in [-0.15, -0.1) is 16.9 Å². The second-order valence-electron chi connectivity index (χ2n) is 8.63. The van der Waals surface area contributed by atoms with Crippen molar-refractivity contribution in [2.24, 2.45) is 0 Å². The Morgan fingerprint density at radius 1 is 1.09 bits per heavy atom. The first-order valence-electron chi connectivity index (χ1n) is 11.9. The van der Waals surface area contributed by atoms with Gasteiger partial charge in [-0.3, -0.25) is 4.79 Å². The Morgan fingerprint density at radius 3 is 2.56 bits per heavy atom. The fraction of sp³-hybridized carbons (Fsp3) is 0.519. The van der Waals surface area contributed by atoms with Crippen molar-refractivity contribution in [3.63, 3.8) is 0 Å². The van der Waals surface area contributed by atoms with Gasteiger partial charge in [0.2, 0.25) is 0 Å². The molecule has 4 nitrogen and oxygen atoms in total. The molecule has 1 aliphatic heterocycles. The Morgan fingerprint density at radius 2 is 1.91 bits per heavy atom. The smallest absolute Gasteiger partial charge is 0.309 e. The number of carboxylic acid groups (broad SMARTS) is 1. The second-order valence-corrected chi connectivity index (χ2v) is 9.77. The standard InChI is InChI=1S/C27H34N2O2S/c1-4-7-8-9-10-20-18-25-24(27(5-2,6-3)15-16-32-25)17-21(20)11-12-22-13-14-23(29-28-22)19-26(30)31/h13-14,17-18H,4-10,15-16,19H2,1-3H3,(H,30,31). The predicted octanol–water partition coefficient (Wildman–Crippen LogP) is 6.18. The van der Waals surface area contributed by atoms with Gasteiger partial charge >= 0.3 is 5.97 Å². The first kappa shape index (κ1) is 24.3. The van der Waals surface area contributed by atoms with Gasteiger partial charge in [-0.05, 0) is 84.6 Å². The van der Waals surface area contributed by atoms with E-state index in [1.54, 1.807) is 12.1 Å². The minimum absolute atomic E-state index is 0.124. The third-order valence-corrected chi connectivity index (χ3v) is 7.70. The maximum absolute atomic E-state index is 10.9. The molecule has 0 amide bonds. The number of carbonyl (C=O) groups is 1. The highest BCUT2D eigenvalue weighted by atomic mass is 32.2. The molecule has 0 aliphatic carbocycles. The number of carboxylic acids is 1. The Labute approximate surface area is 196 Å². The number of aryl methyl sites for hydroxylation is 1. The van der Waals surface area contributed by atoms with E-state index in [4.69, 9.17) is 5.11 Å². The molecule has 0 radical (unpaired) electrons. The zero-order chi connectivity index (χ0) is 23.0. The van der Waals surface area contributed by atoms with Crippen LogP contribution in [-0.2, 0) is 23.1 Å². The van der Waals surface area contributed by atoms with Gasteiger partial charge in [0.25, 0.3) is 0 Å². The van der Waals surface area contributed by atoms with Crippen molar-refractivity contribution in [3.05, 3.63) is 52.3 Å². The van der Waals surface area contributed by atoms with Gasteiger partial charge in [0.15, 0.2) is 0 Å². The molecule has 3 rings (SSSR count). The maximum atomic E-state index is 10.9. The number of thioether (sulfide) groups is 1. The zero-order valence-electron chi connectivity index (χ0n) is 19.5. The van der Waals surface area contributed by atoms with Crippen molar-refractivity contribution in [2.75, 3.05) is 5.75 Å². The molecule has 0 spiro atoms. The number of aliphatic carboxylic acids is 1. The Balaban J connectivity index is 1.95. The van der Waals surface area contributed by atoms with Crippen molar-refractivity contribution in [1.29, 1.82) is 0 Å². The molecule has 1 aromatic carbocycles. The third kappa shape index (κ3) is 5.92. The molecule has 1 aliphatic rings. The van der Waals surface area contributed by atoms with Crippen molar-refractivity contribution >= 4 is 17.7 Å². The zero-order valence-corrected chi connectivity index (χ0v) is 20.4. The predicted molar refractivity (Wildman–Crippen MR) is 131 cm³/mol. The molecule has 0 saturated heterocycles. The Bertz CT molecular complexity index is 985. The van der Waals surface area contributed by atoms with E-state index in [9.17, 15) is 4.79 Å². The van der Waals surface area contributed by atoms with Crippen LogP contribution in [0.25, 0.3) is 0 Å². The van der Waals surface area contributed by atoms with Crippen LogP contribution in [0.4, 0.5) is 0 Å². The molecular formula is C27H34N2O2S. The number of benzene rings is 1. The van der Waals surface area contributed by atoms with Crippen molar-refractivity contribution in [2.45, 2.75) is 88.9 Å².